The van der Waals surface area contributed by atoms with E-state index >= 15 is 0 Å². The zero-order valence-corrected chi connectivity index (χ0v) is 11.2. The van der Waals surface area contributed by atoms with E-state index in [-0.39, 0.29) is 26.1 Å². The van der Waals surface area contributed by atoms with Crippen LogP contribution in [0.3, 0.4) is 0 Å². The third-order valence-corrected chi connectivity index (χ3v) is 7.32. The third kappa shape index (κ3) is 1.08. The fraction of sp³-hybridized carbons (Fsp3) is 0.385. The van der Waals surface area contributed by atoms with Crippen LogP contribution in [0.4, 0.5) is 0 Å². The molecule has 72 valence electrons. The van der Waals surface area contributed by atoms with Crippen LogP contribution in [0, 0.1) is 5.41 Å². The molecule has 0 amide bonds. The summed E-state index contributed by atoms with van der Waals surface area (Å²) in [5.41, 5.74) is 3.63. The van der Waals surface area contributed by atoms with Gasteiger partial charge in [-0.05, 0) is 0 Å². The number of hydrogen-bond acceptors (Lipinski definition) is 0. The third-order valence-electron chi connectivity index (χ3n) is 3.51. The first-order valence-electron chi connectivity index (χ1n) is 5.27. The van der Waals surface area contributed by atoms with E-state index in [1.165, 1.54) is 12.8 Å². The zero-order chi connectivity index (χ0) is 9.76. The van der Waals surface area contributed by atoms with Gasteiger partial charge in [0.25, 0.3) is 0 Å². The molecule has 0 saturated carbocycles. The molecule has 0 radical (unpaired) electrons. The molecule has 0 nitrogen and oxygen atoms in total. The quantitative estimate of drug-likeness (QED) is 0.624. The Morgan fingerprint density at radius 1 is 1.07 bits per heavy atom. The van der Waals surface area contributed by atoms with Crippen molar-refractivity contribution in [3.05, 3.63) is 42.0 Å². The monoisotopic (exact) mass is 262 g/mol. The van der Waals surface area contributed by atoms with E-state index in [9.17, 15) is 0 Å². The van der Waals surface area contributed by atoms with E-state index in [0.29, 0.717) is 5.41 Å². The van der Waals surface area contributed by atoms with Gasteiger partial charge in [0.1, 0.15) is 0 Å². The summed E-state index contributed by atoms with van der Waals surface area (Å²) in [4.78, 5) is 0. The molecule has 1 aliphatic heterocycles. The topological polar surface area (TPSA) is 0 Å². The molecule has 0 N–H and O–H groups in total. The molecule has 3 rings (SSSR count). The van der Waals surface area contributed by atoms with E-state index in [1.54, 1.807) is 11.1 Å². The Kier molecular flexibility index (Phi) is 1.90. The summed E-state index contributed by atoms with van der Waals surface area (Å²) in [5, 5.41) is 0. The van der Waals surface area contributed by atoms with Gasteiger partial charge in [-0.15, -0.1) is 0 Å². The van der Waals surface area contributed by atoms with Gasteiger partial charge in [0.2, 0.25) is 0 Å². The molecular weight excluding hydrogens is 247 g/mol. The normalized spacial score (nSPS) is 26.1. The van der Waals surface area contributed by atoms with Crippen molar-refractivity contribution in [2.24, 2.45) is 5.41 Å². The van der Waals surface area contributed by atoms with Gasteiger partial charge in [0.15, 0.2) is 0 Å². The van der Waals surface area contributed by atoms with Crippen molar-refractivity contribution < 1.29 is 26.1 Å². The Balaban J connectivity index is 0.000000640. The summed E-state index contributed by atoms with van der Waals surface area (Å²) in [6, 6.07) is 0. The summed E-state index contributed by atoms with van der Waals surface area (Å²) < 4.78 is 3.67. The van der Waals surface area contributed by atoms with Gasteiger partial charge in [-0.1, -0.05) is 0 Å². The first-order chi connectivity index (χ1) is 6.69. The van der Waals surface area contributed by atoms with Crippen molar-refractivity contribution in [3.8, 4) is 0 Å². The summed E-state index contributed by atoms with van der Waals surface area (Å²) in [6.45, 7) is 4.78. The molecule has 1 heterocycles. The van der Waals surface area contributed by atoms with Gasteiger partial charge in [-0.2, -0.15) is 0 Å². The van der Waals surface area contributed by atoms with Crippen LogP contribution < -0.4 is 0 Å². The van der Waals surface area contributed by atoms with E-state index in [1.807, 2.05) is 6.56 Å². The number of allylic oxidation sites excluding steroid dienone is 8. The molecule has 0 bridgehead atoms. The Labute approximate surface area is 100 Å². The molecule has 1 heteroatoms. The van der Waals surface area contributed by atoms with Crippen molar-refractivity contribution in [2.75, 3.05) is 0 Å². The van der Waals surface area contributed by atoms with Gasteiger partial charge in [0.05, 0.1) is 0 Å². The van der Waals surface area contributed by atoms with E-state index in [0.717, 1.165) is 0 Å². The minimum Gasteiger partial charge on any atom is -1.00 e. The SMILES string of the molecule is CC1(C)C2=[C](CC=C2)[Zr+2][C]2=C1C=CC2.[H-].[H-]. The first-order valence-corrected chi connectivity index (χ1v) is 7.73. The molecule has 0 aromatic rings. The molecule has 0 atom stereocenters. The summed E-state index contributed by atoms with van der Waals surface area (Å²) in [7, 11) is 0. The maximum atomic E-state index is 2.39. The predicted octanol–water partition coefficient (Wildman–Crippen LogP) is 3.76. The molecule has 0 saturated heterocycles. The molecular formula is C13H16Zr. The van der Waals surface area contributed by atoms with Crippen molar-refractivity contribution in [1.82, 2.24) is 0 Å². The molecule has 0 aromatic carbocycles. The second-order valence-corrected chi connectivity index (χ2v) is 8.33. The van der Waals surface area contributed by atoms with Crippen LogP contribution >= 0.6 is 0 Å². The summed E-state index contributed by atoms with van der Waals surface area (Å²) in [5.74, 6) is 0. The molecule has 0 spiro atoms. The average Bonchev–Trinajstić information content (AvgIpc) is 2.71. The maximum Gasteiger partial charge on any atom is -1.00 e. The number of rotatable bonds is 0. The second kappa shape index (κ2) is 2.92. The van der Waals surface area contributed by atoms with Crippen LogP contribution in [-0.2, 0) is 23.2 Å². The standard InChI is InChI=1S/C13H14.Zr.2H/c1-13(2,11-7-3-4-8-11)12-9-5-6-10-12;;;/h3,5,7,9H,4,6H2,1-2H3;;;/q;+2;2*-1. The van der Waals surface area contributed by atoms with Gasteiger partial charge in [0, 0.05) is 0 Å². The van der Waals surface area contributed by atoms with Gasteiger partial charge >= 0.3 is 97.4 Å². The molecule has 14 heavy (non-hydrogen) atoms. The minimum atomic E-state index is -0.359. The van der Waals surface area contributed by atoms with Crippen LogP contribution in [0.2, 0.25) is 0 Å². The van der Waals surface area contributed by atoms with E-state index < -0.39 is 0 Å². The molecule has 2 aliphatic carbocycles. The van der Waals surface area contributed by atoms with Crippen molar-refractivity contribution in [1.29, 1.82) is 0 Å². The Hall–Kier alpha value is -0.157. The molecule has 0 aromatic heterocycles. The predicted molar refractivity (Wildman–Crippen MR) is 57.6 cm³/mol. The Bertz CT molecular complexity index is 387. The van der Waals surface area contributed by atoms with Gasteiger partial charge < -0.3 is 2.85 Å². The fourth-order valence-electron chi connectivity index (χ4n) is 2.75. The van der Waals surface area contributed by atoms with Crippen molar-refractivity contribution >= 4 is 0 Å². The summed E-state index contributed by atoms with van der Waals surface area (Å²) >= 11 is -0.359. The largest absolute Gasteiger partial charge is 1.00 e. The van der Waals surface area contributed by atoms with Gasteiger partial charge in [-0.3, -0.25) is 0 Å². The van der Waals surface area contributed by atoms with E-state index in [2.05, 4.69) is 38.2 Å². The van der Waals surface area contributed by atoms with Crippen LogP contribution in [0.15, 0.2) is 42.0 Å². The minimum absolute atomic E-state index is 0. The first kappa shape index (κ1) is 9.10. The molecule has 3 aliphatic rings. The second-order valence-electron chi connectivity index (χ2n) is 4.75. The van der Waals surface area contributed by atoms with Crippen molar-refractivity contribution in [3.63, 3.8) is 0 Å². The van der Waals surface area contributed by atoms with Crippen LogP contribution in [0.5, 0.6) is 0 Å². The van der Waals surface area contributed by atoms with Crippen molar-refractivity contribution in [2.45, 2.75) is 26.7 Å². The van der Waals surface area contributed by atoms with Crippen LogP contribution in [0.1, 0.15) is 29.5 Å². The smallest absolute Gasteiger partial charge is 1.00 e. The fourth-order valence-corrected chi connectivity index (χ4v) is 7.33. The zero-order valence-electron chi connectivity index (χ0n) is 10.7. The average molecular weight is 263 g/mol. The Morgan fingerprint density at radius 2 is 1.57 bits per heavy atom. The van der Waals surface area contributed by atoms with Crippen LogP contribution in [0.25, 0.3) is 0 Å². The Morgan fingerprint density at radius 3 is 2.07 bits per heavy atom. The molecule has 0 unspecified atom stereocenters. The maximum absolute atomic E-state index is 2.39. The van der Waals surface area contributed by atoms with Gasteiger partial charge in [-0.25, -0.2) is 0 Å². The summed E-state index contributed by atoms with van der Waals surface area (Å²) in [6.07, 6.45) is 12.0. The molecule has 0 fully saturated rings. The van der Waals surface area contributed by atoms with Crippen LogP contribution in [-0.4, -0.2) is 0 Å². The van der Waals surface area contributed by atoms with E-state index in [4.69, 9.17) is 0 Å². The number of hydrogen-bond donors (Lipinski definition) is 0.